The van der Waals surface area contributed by atoms with E-state index in [1.165, 1.54) is 0 Å². The Labute approximate surface area is 121 Å². The van der Waals surface area contributed by atoms with Crippen LogP contribution in [0.3, 0.4) is 0 Å². The maximum absolute atomic E-state index is 11.1. The van der Waals surface area contributed by atoms with Crippen LogP contribution in [-0.4, -0.2) is 11.1 Å². The highest BCUT2D eigenvalue weighted by molar-refractivity contribution is 9.10. The molecule has 0 aliphatic heterocycles. The molecule has 0 fully saturated rings. The van der Waals surface area contributed by atoms with Crippen molar-refractivity contribution in [3.05, 3.63) is 69.7 Å². The summed E-state index contributed by atoms with van der Waals surface area (Å²) in [7, 11) is 0. The van der Waals surface area contributed by atoms with Crippen molar-refractivity contribution in [2.24, 2.45) is 0 Å². The van der Waals surface area contributed by atoms with Crippen LogP contribution >= 0.6 is 15.9 Å². The SMILES string of the molecule is Cc1ccc(Br)cc1[C@@H](CC(=O)O)c1ccccc1. The van der Waals surface area contributed by atoms with Gasteiger partial charge in [0.2, 0.25) is 0 Å². The summed E-state index contributed by atoms with van der Waals surface area (Å²) >= 11 is 3.46. The summed E-state index contributed by atoms with van der Waals surface area (Å²) in [5, 5.41) is 9.16. The molecule has 3 heteroatoms. The van der Waals surface area contributed by atoms with Crippen molar-refractivity contribution in [2.75, 3.05) is 0 Å². The van der Waals surface area contributed by atoms with Gasteiger partial charge in [0.05, 0.1) is 6.42 Å². The molecule has 19 heavy (non-hydrogen) atoms. The highest BCUT2D eigenvalue weighted by Crippen LogP contribution is 2.32. The molecule has 0 unspecified atom stereocenters. The Bertz CT molecular complexity index is 579. The van der Waals surface area contributed by atoms with E-state index in [9.17, 15) is 4.79 Å². The lowest BCUT2D eigenvalue weighted by molar-refractivity contribution is -0.137. The van der Waals surface area contributed by atoms with Crippen molar-refractivity contribution in [3.8, 4) is 0 Å². The van der Waals surface area contributed by atoms with Crippen LogP contribution in [-0.2, 0) is 4.79 Å². The van der Waals surface area contributed by atoms with E-state index < -0.39 is 5.97 Å². The van der Waals surface area contributed by atoms with Gasteiger partial charge < -0.3 is 5.11 Å². The zero-order valence-electron chi connectivity index (χ0n) is 10.6. The van der Waals surface area contributed by atoms with Crippen molar-refractivity contribution < 1.29 is 9.90 Å². The van der Waals surface area contributed by atoms with Crippen molar-refractivity contribution in [2.45, 2.75) is 19.3 Å². The Morgan fingerprint density at radius 2 is 1.89 bits per heavy atom. The summed E-state index contributed by atoms with van der Waals surface area (Å²) in [5.74, 6) is -0.899. The number of carbonyl (C=O) groups is 1. The van der Waals surface area contributed by atoms with Gasteiger partial charge in [-0.05, 0) is 35.7 Å². The average molecular weight is 319 g/mol. The summed E-state index contributed by atoms with van der Waals surface area (Å²) in [6.07, 6.45) is 0.0985. The molecule has 0 heterocycles. The van der Waals surface area contributed by atoms with Gasteiger partial charge in [-0.3, -0.25) is 4.79 Å². The monoisotopic (exact) mass is 318 g/mol. The van der Waals surface area contributed by atoms with Crippen LogP contribution in [0.25, 0.3) is 0 Å². The maximum atomic E-state index is 11.1. The molecule has 0 bridgehead atoms. The zero-order chi connectivity index (χ0) is 13.8. The molecule has 0 saturated heterocycles. The Morgan fingerprint density at radius 3 is 2.53 bits per heavy atom. The lowest BCUT2D eigenvalue weighted by Crippen LogP contribution is -2.09. The first kappa shape index (κ1) is 13.8. The van der Waals surface area contributed by atoms with Gasteiger partial charge in [0.1, 0.15) is 0 Å². The van der Waals surface area contributed by atoms with E-state index in [-0.39, 0.29) is 12.3 Å². The molecule has 0 spiro atoms. The molecular formula is C16H15BrO2. The fourth-order valence-corrected chi connectivity index (χ4v) is 2.63. The fourth-order valence-electron chi connectivity index (χ4n) is 2.25. The van der Waals surface area contributed by atoms with Gasteiger partial charge >= 0.3 is 5.97 Å². The van der Waals surface area contributed by atoms with E-state index >= 15 is 0 Å². The van der Waals surface area contributed by atoms with Gasteiger partial charge in [0.15, 0.2) is 0 Å². The Balaban J connectivity index is 2.48. The van der Waals surface area contributed by atoms with E-state index in [1.54, 1.807) is 0 Å². The second-order valence-corrected chi connectivity index (χ2v) is 5.48. The minimum atomic E-state index is -0.784. The first-order chi connectivity index (χ1) is 9.08. The normalized spacial score (nSPS) is 12.1. The van der Waals surface area contributed by atoms with Gasteiger partial charge in [-0.1, -0.05) is 52.3 Å². The summed E-state index contributed by atoms with van der Waals surface area (Å²) in [6, 6.07) is 15.8. The molecule has 1 atom stereocenters. The number of rotatable bonds is 4. The first-order valence-corrected chi connectivity index (χ1v) is 6.90. The quantitative estimate of drug-likeness (QED) is 0.909. The Hall–Kier alpha value is -1.61. The minimum absolute atomic E-state index is 0.0985. The molecule has 0 aromatic heterocycles. The molecule has 0 aliphatic carbocycles. The van der Waals surface area contributed by atoms with Crippen LogP contribution in [0.5, 0.6) is 0 Å². The summed E-state index contributed by atoms with van der Waals surface area (Å²) in [6.45, 7) is 2.01. The standard InChI is InChI=1S/C16H15BrO2/c1-11-7-8-13(17)9-14(11)15(10-16(18)19)12-5-3-2-4-6-12/h2-9,15H,10H2,1H3,(H,18,19)/t15-/m0/s1. The molecule has 0 radical (unpaired) electrons. The van der Waals surface area contributed by atoms with E-state index in [2.05, 4.69) is 15.9 Å². The van der Waals surface area contributed by atoms with Crippen LogP contribution in [0.2, 0.25) is 0 Å². The number of carboxylic acid groups (broad SMARTS) is 1. The Kier molecular flexibility index (Phi) is 4.38. The number of aryl methyl sites for hydroxylation is 1. The van der Waals surface area contributed by atoms with Crippen LogP contribution in [0.15, 0.2) is 53.0 Å². The molecule has 2 rings (SSSR count). The largest absolute Gasteiger partial charge is 0.481 e. The number of carboxylic acids is 1. The molecule has 0 saturated carbocycles. The first-order valence-electron chi connectivity index (χ1n) is 6.10. The van der Waals surface area contributed by atoms with Crippen LogP contribution < -0.4 is 0 Å². The number of benzene rings is 2. The third kappa shape index (κ3) is 3.44. The second kappa shape index (κ2) is 6.02. The summed E-state index contributed by atoms with van der Waals surface area (Å²) < 4.78 is 0.972. The summed E-state index contributed by atoms with van der Waals surface area (Å²) in [4.78, 5) is 11.1. The van der Waals surface area contributed by atoms with Crippen LogP contribution in [0, 0.1) is 6.92 Å². The summed E-state index contributed by atoms with van der Waals surface area (Å²) in [5.41, 5.74) is 3.20. The van der Waals surface area contributed by atoms with Gasteiger partial charge in [0, 0.05) is 10.4 Å². The van der Waals surface area contributed by atoms with Gasteiger partial charge in [-0.25, -0.2) is 0 Å². The van der Waals surface area contributed by atoms with Gasteiger partial charge in [-0.15, -0.1) is 0 Å². The highest BCUT2D eigenvalue weighted by atomic mass is 79.9. The van der Waals surface area contributed by atoms with Crippen LogP contribution in [0.4, 0.5) is 0 Å². The predicted molar refractivity (Wildman–Crippen MR) is 79.4 cm³/mol. The van der Waals surface area contributed by atoms with Crippen molar-refractivity contribution in [3.63, 3.8) is 0 Å². The molecule has 98 valence electrons. The average Bonchev–Trinajstić information content (AvgIpc) is 2.40. The van der Waals surface area contributed by atoms with Crippen LogP contribution in [0.1, 0.15) is 29.0 Å². The van der Waals surface area contributed by atoms with E-state index in [0.717, 1.165) is 21.2 Å². The maximum Gasteiger partial charge on any atom is 0.304 e. The lowest BCUT2D eigenvalue weighted by atomic mass is 9.86. The van der Waals surface area contributed by atoms with Gasteiger partial charge in [-0.2, -0.15) is 0 Å². The molecule has 0 aliphatic rings. The third-order valence-electron chi connectivity index (χ3n) is 3.20. The topological polar surface area (TPSA) is 37.3 Å². The molecule has 2 nitrogen and oxygen atoms in total. The van der Waals surface area contributed by atoms with Crippen molar-refractivity contribution in [1.29, 1.82) is 0 Å². The predicted octanol–water partition coefficient (Wildman–Crippen LogP) is 4.36. The Morgan fingerprint density at radius 1 is 1.21 bits per heavy atom. The zero-order valence-corrected chi connectivity index (χ0v) is 12.2. The van der Waals surface area contributed by atoms with Gasteiger partial charge in [0.25, 0.3) is 0 Å². The molecular weight excluding hydrogens is 304 g/mol. The minimum Gasteiger partial charge on any atom is -0.481 e. The third-order valence-corrected chi connectivity index (χ3v) is 3.69. The highest BCUT2D eigenvalue weighted by Gasteiger charge is 2.19. The second-order valence-electron chi connectivity index (χ2n) is 4.56. The molecule has 2 aromatic carbocycles. The van der Waals surface area contributed by atoms with E-state index in [1.807, 2.05) is 55.5 Å². The number of aliphatic carboxylic acids is 1. The molecule has 2 aromatic rings. The molecule has 0 amide bonds. The number of halogens is 1. The lowest BCUT2D eigenvalue weighted by Gasteiger charge is -2.18. The van der Waals surface area contributed by atoms with E-state index in [4.69, 9.17) is 5.11 Å². The fraction of sp³-hybridized carbons (Fsp3) is 0.188. The van der Waals surface area contributed by atoms with E-state index in [0.29, 0.717) is 0 Å². The number of hydrogen-bond donors (Lipinski definition) is 1. The van der Waals surface area contributed by atoms with Crippen molar-refractivity contribution >= 4 is 21.9 Å². The van der Waals surface area contributed by atoms with Crippen molar-refractivity contribution in [1.82, 2.24) is 0 Å². The smallest absolute Gasteiger partial charge is 0.304 e. The molecule has 1 N–H and O–H groups in total. The number of hydrogen-bond acceptors (Lipinski definition) is 1.